The number of aryl methyl sites for hydroxylation is 1. The summed E-state index contributed by atoms with van der Waals surface area (Å²) in [6, 6.07) is 0.702. The second-order valence-electron chi connectivity index (χ2n) is 4.48. The minimum atomic E-state index is 0.332. The lowest BCUT2D eigenvalue weighted by atomic mass is 10.1. The molecule has 0 aliphatic rings. The Morgan fingerprint density at radius 1 is 1.44 bits per heavy atom. The van der Waals surface area contributed by atoms with E-state index in [2.05, 4.69) is 29.5 Å². The van der Waals surface area contributed by atoms with Gasteiger partial charge in [-0.1, -0.05) is 6.42 Å². The number of rotatable bonds is 7. The summed E-state index contributed by atoms with van der Waals surface area (Å²) in [5, 5.41) is 6.78. The zero-order chi connectivity index (χ0) is 12.0. The van der Waals surface area contributed by atoms with E-state index in [4.69, 9.17) is 5.73 Å². The fourth-order valence-corrected chi connectivity index (χ4v) is 2.40. The second kappa shape index (κ2) is 6.99. The van der Waals surface area contributed by atoms with Gasteiger partial charge in [-0.25, -0.2) is 4.98 Å². The summed E-state index contributed by atoms with van der Waals surface area (Å²) in [7, 11) is 0. The lowest BCUT2D eigenvalue weighted by Crippen LogP contribution is -2.20. The van der Waals surface area contributed by atoms with Crippen LogP contribution in [0.4, 0.5) is 0 Å². The van der Waals surface area contributed by atoms with Crippen molar-refractivity contribution in [3.8, 4) is 0 Å². The predicted molar refractivity (Wildman–Crippen MR) is 70.8 cm³/mol. The summed E-state index contributed by atoms with van der Waals surface area (Å²) in [4.78, 5) is 4.47. The topological polar surface area (TPSA) is 50.9 Å². The Hall–Kier alpha value is -0.450. The van der Waals surface area contributed by atoms with Crippen LogP contribution in [0.3, 0.4) is 0 Å². The zero-order valence-corrected chi connectivity index (χ0v) is 11.3. The molecule has 0 aliphatic carbocycles. The van der Waals surface area contributed by atoms with Crippen LogP contribution in [0.25, 0.3) is 0 Å². The highest BCUT2D eigenvalue weighted by atomic mass is 32.1. The van der Waals surface area contributed by atoms with Crippen molar-refractivity contribution < 1.29 is 0 Å². The van der Waals surface area contributed by atoms with Crippen LogP contribution in [0, 0.1) is 6.92 Å². The largest absolute Gasteiger partial charge is 0.328 e. The average Bonchev–Trinajstić information content (AvgIpc) is 2.63. The second-order valence-corrected chi connectivity index (χ2v) is 5.37. The van der Waals surface area contributed by atoms with E-state index in [1.165, 1.54) is 17.8 Å². The van der Waals surface area contributed by atoms with Crippen LogP contribution < -0.4 is 11.1 Å². The van der Waals surface area contributed by atoms with Gasteiger partial charge in [0.1, 0.15) is 5.01 Å². The Labute approximate surface area is 102 Å². The number of hydrogen-bond donors (Lipinski definition) is 2. The molecule has 0 radical (unpaired) electrons. The molecule has 0 saturated heterocycles. The molecule has 1 heterocycles. The molecule has 1 rings (SSSR count). The number of nitrogens with zero attached hydrogens (tertiary/aromatic N) is 1. The molecule has 2 atom stereocenters. The van der Waals surface area contributed by atoms with Crippen molar-refractivity contribution in [3.05, 3.63) is 16.1 Å². The van der Waals surface area contributed by atoms with Gasteiger partial charge in [-0.15, -0.1) is 11.3 Å². The van der Waals surface area contributed by atoms with Crippen LogP contribution in [0.1, 0.15) is 49.9 Å². The van der Waals surface area contributed by atoms with Crippen LogP contribution in [0.5, 0.6) is 0 Å². The Morgan fingerprint density at radius 2 is 2.19 bits per heavy atom. The Bertz CT molecular complexity index is 296. The van der Waals surface area contributed by atoms with Gasteiger partial charge < -0.3 is 11.1 Å². The number of aromatic nitrogens is 1. The quantitative estimate of drug-likeness (QED) is 0.722. The van der Waals surface area contributed by atoms with Gasteiger partial charge in [0.25, 0.3) is 0 Å². The fraction of sp³-hybridized carbons (Fsp3) is 0.750. The molecule has 0 fully saturated rings. The maximum atomic E-state index is 5.70. The number of nitrogens with one attached hydrogen (secondary N) is 1. The molecule has 0 saturated carbocycles. The minimum absolute atomic E-state index is 0.332. The molecule has 0 bridgehead atoms. The van der Waals surface area contributed by atoms with Gasteiger partial charge in [0.15, 0.2) is 0 Å². The molecule has 2 unspecified atom stereocenters. The van der Waals surface area contributed by atoms with E-state index in [9.17, 15) is 0 Å². The van der Waals surface area contributed by atoms with Crippen molar-refractivity contribution in [2.45, 2.75) is 52.1 Å². The molecule has 4 heteroatoms. The molecule has 1 aromatic heterocycles. The first-order chi connectivity index (χ1) is 7.59. The first-order valence-electron chi connectivity index (χ1n) is 6.00. The molecule has 16 heavy (non-hydrogen) atoms. The Morgan fingerprint density at radius 3 is 2.75 bits per heavy atom. The fourth-order valence-electron chi connectivity index (χ4n) is 1.57. The standard InChI is InChI=1S/C12H23N3S/c1-9(13)6-4-5-7-14-11(3)12-15-10(2)8-16-12/h8-9,11,14H,4-7,13H2,1-3H3. The third kappa shape index (κ3) is 5.05. The van der Waals surface area contributed by atoms with Crippen molar-refractivity contribution in [1.29, 1.82) is 0 Å². The molecular weight excluding hydrogens is 218 g/mol. The average molecular weight is 241 g/mol. The zero-order valence-electron chi connectivity index (χ0n) is 10.5. The third-order valence-electron chi connectivity index (χ3n) is 2.54. The Balaban J connectivity index is 2.13. The normalized spacial score (nSPS) is 15.0. The third-order valence-corrected chi connectivity index (χ3v) is 3.69. The van der Waals surface area contributed by atoms with Gasteiger partial charge in [-0.2, -0.15) is 0 Å². The first-order valence-corrected chi connectivity index (χ1v) is 6.88. The summed E-state index contributed by atoms with van der Waals surface area (Å²) < 4.78 is 0. The van der Waals surface area contributed by atoms with E-state index in [-0.39, 0.29) is 0 Å². The van der Waals surface area contributed by atoms with Crippen molar-refractivity contribution in [2.75, 3.05) is 6.54 Å². The van der Waals surface area contributed by atoms with E-state index < -0.39 is 0 Å². The molecule has 92 valence electrons. The highest BCUT2D eigenvalue weighted by Crippen LogP contribution is 2.17. The smallest absolute Gasteiger partial charge is 0.110 e. The summed E-state index contributed by atoms with van der Waals surface area (Å²) >= 11 is 1.73. The maximum Gasteiger partial charge on any atom is 0.110 e. The highest BCUT2D eigenvalue weighted by molar-refractivity contribution is 7.09. The van der Waals surface area contributed by atoms with Gasteiger partial charge in [0.2, 0.25) is 0 Å². The van der Waals surface area contributed by atoms with Gasteiger partial charge in [-0.05, 0) is 40.2 Å². The lowest BCUT2D eigenvalue weighted by Gasteiger charge is -2.11. The van der Waals surface area contributed by atoms with Crippen LogP contribution in [-0.4, -0.2) is 17.6 Å². The summed E-state index contributed by atoms with van der Waals surface area (Å²) in [5.41, 5.74) is 6.82. The van der Waals surface area contributed by atoms with Crippen molar-refractivity contribution in [1.82, 2.24) is 10.3 Å². The summed E-state index contributed by atoms with van der Waals surface area (Å²) in [6.07, 6.45) is 3.51. The minimum Gasteiger partial charge on any atom is -0.328 e. The molecule has 1 aromatic rings. The van der Waals surface area contributed by atoms with Gasteiger partial charge in [-0.3, -0.25) is 0 Å². The maximum absolute atomic E-state index is 5.70. The van der Waals surface area contributed by atoms with E-state index in [0.29, 0.717) is 12.1 Å². The number of thiazole rings is 1. The van der Waals surface area contributed by atoms with Crippen molar-refractivity contribution in [3.63, 3.8) is 0 Å². The van der Waals surface area contributed by atoms with Gasteiger partial charge >= 0.3 is 0 Å². The number of nitrogens with two attached hydrogens (primary N) is 1. The van der Waals surface area contributed by atoms with Crippen LogP contribution in [0.15, 0.2) is 5.38 Å². The molecule has 3 N–H and O–H groups in total. The van der Waals surface area contributed by atoms with Crippen molar-refractivity contribution in [2.24, 2.45) is 5.73 Å². The van der Waals surface area contributed by atoms with Gasteiger partial charge in [0.05, 0.1) is 6.04 Å². The highest BCUT2D eigenvalue weighted by Gasteiger charge is 2.07. The van der Waals surface area contributed by atoms with Crippen LogP contribution in [0.2, 0.25) is 0 Å². The number of unbranched alkanes of at least 4 members (excludes halogenated alkanes) is 1. The van der Waals surface area contributed by atoms with E-state index in [1.807, 2.05) is 6.92 Å². The molecular formula is C12H23N3S. The summed E-state index contributed by atoms with van der Waals surface area (Å²) in [6.45, 7) is 7.32. The molecule has 0 spiro atoms. The summed E-state index contributed by atoms with van der Waals surface area (Å²) in [5.74, 6) is 0. The van der Waals surface area contributed by atoms with Crippen LogP contribution >= 0.6 is 11.3 Å². The molecule has 0 aromatic carbocycles. The van der Waals surface area contributed by atoms with Crippen LogP contribution in [-0.2, 0) is 0 Å². The van der Waals surface area contributed by atoms with Gasteiger partial charge in [0, 0.05) is 17.1 Å². The van der Waals surface area contributed by atoms with E-state index >= 15 is 0 Å². The predicted octanol–water partition coefficient (Wildman–Crippen LogP) is 2.62. The van der Waals surface area contributed by atoms with E-state index in [0.717, 1.165) is 18.7 Å². The number of hydrogen-bond acceptors (Lipinski definition) is 4. The SMILES string of the molecule is Cc1csc(C(C)NCCCCC(C)N)n1. The first kappa shape index (κ1) is 13.6. The Kier molecular flexibility index (Phi) is 5.95. The molecule has 0 aliphatic heterocycles. The lowest BCUT2D eigenvalue weighted by molar-refractivity contribution is 0.521. The molecule has 0 amide bonds. The monoisotopic (exact) mass is 241 g/mol. The van der Waals surface area contributed by atoms with Crippen molar-refractivity contribution >= 4 is 11.3 Å². The van der Waals surface area contributed by atoms with E-state index in [1.54, 1.807) is 11.3 Å². The molecule has 3 nitrogen and oxygen atoms in total.